The second-order valence-corrected chi connectivity index (χ2v) is 7.32. The van der Waals surface area contributed by atoms with Crippen LogP contribution in [0.1, 0.15) is 37.7 Å². The van der Waals surface area contributed by atoms with Crippen LogP contribution in [0.15, 0.2) is 24.3 Å². The number of nitrogens with one attached hydrogen (secondary N) is 1. The fraction of sp³-hybridized carbons (Fsp3) is 0.611. The highest BCUT2D eigenvalue weighted by Gasteiger charge is 2.36. The molecule has 1 aromatic carbocycles. The van der Waals surface area contributed by atoms with Crippen LogP contribution < -0.4 is 11.1 Å². The molecule has 24 heavy (non-hydrogen) atoms. The molecular weight excluding hydrogens is 347 g/mol. The molecule has 4 nitrogen and oxygen atoms in total. The molecule has 2 aliphatic rings. The predicted molar refractivity (Wildman–Crippen MR) is 98.8 cm³/mol. The molecule has 1 aliphatic heterocycles. The van der Waals surface area contributed by atoms with Crippen LogP contribution in [0.3, 0.4) is 0 Å². The summed E-state index contributed by atoms with van der Waals surface area (Å²) in [5, 5.41) is 3.92. The zero-order valence-corrected chi connectivity index (χ0v) is 15.4. The Morgan fingerprint density at radius 2 is 1.92 bits per heavy atom. The fourth-order valence-electron chi connectivity index (χ4n) is 3.79. The van der Waals surface area contributed by atoms with Crippen molar-refractivity contribution in [2.24, 2.45) is 11.7 Å². The number of benzene rings is 1. The van der Waals surface area contributed by atoms with Crippen molar-refractivity contribution >= 4 is 29.9 Å². The number of carbonyl (C=O) groups is 1. The number of halogens is 2. The highest BCUT2D eigenvalue weighted by Crippen LogP contribution is 2.35. The SMILES string of the molecule is Cl.NC1CCC(C(=O)NCC2(c3ccc(Cl)cc3)CCOCC2)C1. The number of hydrogen-bond acceptors (Lipinski definition) is 3. The Morgan fingerprint density at radius 3 is 2.50 bits per heavy atom. The zero-order chi connectivity index (χ0) is 16.3. The van der Waals surface area contributed by atoms with Crippen molar-refractivity contribution < 1.29 is 9.53 Å². The first-order chi connectivity index (χ1) is 11.1. The van der Waals surface area contributed by atoms with E-state index < -0.39 is 0 Å². The summed E-state index contributed by atoms with van der Waals surface area (Å²) in [6.45, 7) is 2.11. The zero-order valence-electron chi connectivity index (χ0n) is 13.8. The van der Waals surface area contributed by atoms with Gasteiger partial charge in [0.2, 0.25) is 5.91 Å². The monoisotopic (exact) mass is 372 g/mol. The molecule has 1 amide bonds. The van der Waals surface area contributed by atoms with E-state index in [1.54, 1.807) is 0 Å². The van der Waals surface area contributed by atoms with E-state index in [9.17, 15) is 4.79 Å². The minimum atomic E-state index is -0.0563. The molecule has 0 radical (unpaired) electrons. The lowest BCUT2D eigenvalue weighted by Gasteiger charge is -2.38. The fourth-order valence-corrected chi connectivity index (χ4v) is 3.91. The number of carbonyl (C=O) groups excluding carboxylic acids is 1. The van der Waals surface area contributed by atoms with E-state index in [1.807, 2.05) is 12.1 Å². The topological polar surface area (TPSA) is 64.4 Å². The maximum Gasteiger partial charge on any atom is 0.223 e. The van der Waals surface area contributed by atoms with Crippen LogP contribution in [0.2, 0.25) is 5.02 Å². The van der Waals surface area contributed by atoms with Crippen LogP contribution >= 0.6 is 24.0 Å². The molecule has 2 fully saturated rings. The van der Waals surface area contributed by atoms with Crippen molar-refractivity contribution in [3.63, 3.8) is 0 Å². The van der Waals surface area contributed by atoms with Crippen molar-refractivity contribution in [2.45, 2.75) is 43.6 Å². The van der Waals surface area contributed by atoms with Gasteiger partial charge in [0.25, 0.3) is 0 Å². The third-order valence-corrected chi connectivity index (χ3v) is 5.60. The summed E-state index contributed by atoms with van der Waals surface area (Å²) in [6.07, 6.45) is 4.50. The first kappa shape index (κ1) is 19.5. The average Bonchev–Trinajstić information content (AvgIpc) is 3.01. The van der Waals surface area contributed by atoms with Gasteiger partial charge in [0.1, 0.15) is 0 Å². The Hall–Kier alpha value is -0.810. The number of rotatable bonds is 4. The second kappa shape index (κ2) is 8.52. The summed E-state index contributed by atoms with van der Waals surface area (Å²) >= 11 is 6.02. The van der Waals surface area contributed by atoms with Crippen molar-refractivity contribution in [3.8, 4) is 0 Å². The molecule has 2 atom stereocenters. The van der Waals surface area contributed by atoms with Crippen molar-refractivity contribution in [3.05, 3.63) is 34.9 Å². The van der Waals surface area contributed by atoms with Crippen LogP contribution in [0.4, 0.5) is 0 Å². The number of amides is 1. The minimum Gasteiger partial charge on any atom is -0.381 e. The van der Waals surface area contributed by atoms with Gasteiger partial charge in [0.15, 0.2) is 0 Å². The van der Waals surface area contributed by atoms with Gasteiger partial charge in [-0.05, 0) is 49.8 Å². The largest absolute Gasteiger partial charge is 0.381 e. The van der Waals surface area contributed by atoms with Crippen LogP contribution in [-0.4, -0.2) is 31.7 Å². The van der Waals surface area contributed by atoms with Gasteiger partial charge in [0.05, 0.1) is 0 Å². The average molecular weight is 373 g/mol. The molecule has 0 bridgehead atoms. The molecule has 1 saturated heterocycles. The molecule has 1 aromatic rings. The van der Waals surface area contributed by atoms with E-state index in [4.69, 9.17) is 22.1 Å². The van der Waals surface area contributed by atoms with Gasteiger partial charge in [-0.15, -0.1) is 12.4 Å². The van der Waals surface area contributed by atoms with Crippen LogP contribution in [0, 0.1) is 5.92 Å². The minimum absolute atomic E-state index is 0. The summed E-state index contributed by atoms with van der Waals surface area (Å²) < 4.78 is 5.54. The normalized spacial score (nSPS) is 25.8. The molecule has 134 valence electrons. The lowest BCUT2D eigenvalue weighted by atomic mass is 9.74. The third-order valence-electron chi connectivity index (χ3n) is 5.35. The lowest BCUT2D eigenvalue weighted by molar-refractivity contribution is -0.125. The molecule has 1 aliphatic carbocycles. The summed E-state index contributed by atoms with van der Waals surface area (Å²) in [6, 6.07) is 8.17. The lowest BCUT2D eigenvalue weighted by Crippen LogP contribution is -2.45. The first-order valence-electron chi connectivity index (χ1n) is 8.46. The first-order valence-corrected chi connectivity index (χ1v) is 8.84. The standard InChI is InChI=1S/C18H25ClN2O2.ClH/c19-15-4-2-14(3-5-15)18(7-9-23-10-8-18)12-21-17(22)13-1-6-16(20)11-13;/h2-5,13,16H,1,6-12,20H2,(H,21,22);1H. The van der Waals surface area contributed by atoms with E-state index in [0.29, 0.717) is 6.54 Å². The maximum absolute atomic E-state index is 12.4. The van der Waals surface area contributed by atoms with Gasteiger partial charge in [-0.1, -0.05) is 23.7 Å². The number of nitrogens with two attached hydrogens (primary N) is 1. The maximum atomic E-state index is 12.4. The number of ether oxygens (including phenoxy) is 1. The molecule has 3 N–H and O–H groups in total. The van der Waals surface area contributed by atoms with Gasteiger partial charge in [-0.25, -0.2) is 0 Å². The summed E-state index contributed by atoms with van der Waals surface area (Å²) in [4.78, 5) is 12.4. The molecule has 6 heteroatoms. The van der Waals surface area contributed by atoms with Gasteiger partial charge in [0, 0.05) is 42.2 Å². The smallest absolute Gasteiger partial charge is 0.223 e. The Labute approximate surface area is 154 Å². The molecule has 1 saturated carbocycles. The van der Waals surface area contributed by atoms with Gasteiger partial charge in [-0.2, -0.15) is 0 Å². The quantitative estimate of drug-likeness (QED) is 0.853. The Kier molecular flexibility index (Phi) is 6.93. The molecule has 2 unspecified atom stereocenters. The number of hydrogen-bond donors (Lipinski definition) is 2. The molecular formula is C18H26Cl2N2O2. The highest BCUT2D eigenvalue weighted by atomic mass is 35.5. The Morgan fingerprint density at radius 1 is 1.25 bits per heavy atom. The highest BCUT2D eigenvalue weighted by molar-refractivity contribution is 6.30. The predicted octanol–water partition coefficient (Wildman–Crippen LogP) is 3.05. The molecule has 0 aromatic heterocycles. The van der Waals surface area contributed by atoms with Crippen molar-refractivity contribution in [1.29, 1.82) is 0 Å². The molecule has 3 rings (SSSR count). The van der Waals surface area contributed by atoms with E-state index in [-0.39, 0.29) is 35.7 Å². The summed E-state index contributed by atoms with van der Waals surface area (Å²) in [5.41, 5.74) is 7.10. The summed E-state index contributed by atoms with van der Waals surface area (Å²) in [5.74, 6) is 0.227. The van der Waals surface area contributed by atoms with Crippen LogP contribution in [0.5, 0.6) is 0 Å². The Balaban J connectivity index is 0.00000208. The van der Waals surface area contributed by atoms with E-state index in [0.717, 1.165) is 50.3 Å². The van der Waals surface area contributed by atoms with Crippen molar-refractivity contribution in [2.75, 3.05) is 19.8 Å². The molecule has 0 spiro atoms. The van der Waals surface area contributed by atoms with Gasteiger partial charge < -0.3 is 15.8 Å². The van der Waals surface area contributed by atoms with Crippen LogP contribution in [0.25, 0.3) is 0 Å². The molecule has 1 heterocycles. The van der Waals surface area contributed by atoms with E-state index >= 15 is 0 Å². The van der Waals surface area contributed by atoms with Gasteiger partial charge in [-0.3, -0.25) is 4.79 Å². The summed E-state index contributed by atoms with van der Waals surface area (Å²) in [7, 11) is 0. The second-order valence-electron chi connectivity index (χ2n) is 6.89. The van der Waals surface area contributed by atoms with Gasteiger partial charge >= 0.3 is 0 Å². The van der Waals surface area contributed by atoms with E-state index in [1.165, 1.54) is 5.56 Å². The van der Waals surface area contributed by atoms with Crippen LogP contribution in [-0.2, 0) is 14.9 Å². The Bertz CT molecular complexity index is 544. The van der Waals surface area contributed by atoms with E-state index in [2.05, 4.69) is 17.4 Å². The third kappa shape index (κ3) is 4.42. The van der Waals surface area contributed by atoms with Crippen molar-refractivity contribution in [1.82, 2.24) is 5.32 Å².